The molecule has 0 radical (unpaired) electrons. The zero-order chi connectivity index (χ0) is 15.5. The summed E-state index contributed by atoms with van der Waals surface area (Å²) in [6.45, 7) is 9.11. The van der Waals surface area contributed by atoms with E-state index in [1.807, 2.05) is 11.8 Å². The van der Waals surface area contributed by atoms with Crippen molar-refractivity contribution in [1.29, 1.82) is 0 Å². The number of quaternary nitrogens is 1. The van der Waals surface area contributed by atoms with E-state index < -0.39 is 0 Å². The van der Waals surface area contributed by atoms with Gasteiger partial charge in [-0.25, -0.2) is 0 Å². The van der Waals surface area contributed by atoms with Gasteiger partial charge in [-0.3, -0.25) is 0 Å². The second kappa shape index (κ2) is 6.76. The molecule has 1 heterocycles. The second-order valence-corrected chi connectivity index (χ2v) is 7.37. The molecule has 0 spiro atoms. The average molecular weight is 313 g/mol. The lowest BCUT2D eigenvalue weighted by atomic mass is 10.2. The number of likely N-dealkylation sites (N-methyl/N-ethyl adjacent to an activating group) is 1. The van der Waals surface area contributed by atoms with Gasteiger partial charge in [0.2, 0.25) is 0 Å². The number of benzene rings is 2. The maximum Gasteiger partial charge on any atom is 0.0947 e. The van der Waals surface area contributed by atoms with Crippen LogP contribution in [-0.2, 0) is 0 Å². The lowest BCUT2D eigenvalue weighted by Crippen LogP contribution is -3.12. The van der Waals surface area contributed by atoms with Crippen LogP contribution in [0.1, 0.15) is 11.1 Å². The molecule has 0 saturated carbocycles. The largest absolute Gasteiger partial charge is 0.359 e. The third-order valence-electron chi connectivity index (χ3n) is 4.37. The zero-order valence-corrected chi connectivity index (χ0v) is 14.5. The topological polar surface area (TPSA) is 7.68 Å². The van der Waals surface area contributed by atoms with Gasteiger partial charge in [-0.15, -0.1) is 0 Å². The van der Waals surface area contributed by atoms with E-state index in [1.54, 1.807) is 4.90 Å². The molecule has 1 fully saturated rings. The van der Waals surface area contributed by atoms with E-state index in [-0.39, 0.29) is 0 Å². The van der Waals surface area contributed by atoms with Gasteiger partial charge in [0, 0.05) is 9.79 Å². The van der Waals surface area contributed by atoms with Gasteiger partial charge in [-0.05, 0) is 37.6 Å². The molecule has 2 aromatic rings. The minimum atomic E-state index is 1.15. The number of hydrogen-bond acceptors (Lipinski definition) is 2. The van der Waals surface area contributed by atoms with E-state index in [9.17, 15) is 0 Å². The average Bonchev–Trinajstić information content (AvgIpc) is 2.51. The van der Waals surface area contributed by atoms with Crippen molar-refractivity contribution >= 4 is 17.4 Å². The first-order valence-electron chi connectivity index (χ1n) is 8.04. The fraction of sp³-hybridized carbons (Fsp3) is 0.368. The number of nitrogens with zero attached hydrogens (tertiary/aromatic N) is 1. The third-order valence-corrected chi connectivity index (χ3v) is 5.62. The smallest absolute Gasteiger partial charge is 0.0947 e. The highest BCUT2D eigenvalue weighted by atomic mass is 32.2. The van der Waals surface area contributed by atoms with Gasteiger partial charge in [-0.1, -0.05) is 41.6 Å². The Morgan fingerprint density at radius 1 is 0.955 bits per heavy atom. The number of rotatable bonds is 3. The minimum Gasteiger partial charge on any atom is -0.359 e. The van der Waals surface area contributed by atoms with Crippen LogP contribution in [0, 0.1) is 13.8 Å². The third kappa shape index (κ3) is 3.47. The first-order chi connectivity index (χ1) is 10.6. The van der Waals surface area contributed by atoms with Crippen molar-refractivity contribution in [2.24, 2.45) is 0 Å². The Labute approximate surface area is 138 Å². The number of para-hydroxylation sites is 1. The molecule has 0 atom stereocenters. The molecule has 0 aromatic heterocycles. The molecule has 0 bridgehead atoms. The molecule has 2 aromatic carbocycles. The molecule has 1 saturated heterocycles. The van der Waals surface area contributed by atoms with Crippen LogP contribution in [0.2, 0.25) is 0 Å². The van der Waals surface area contributed by atoms with Crippen LogP contribution in [0.4, 0.5) is 5.69 Å². The summed E-state index contributed by atoms with van der Waals surface area (Å²) in [6, 6.07) is 15.6. The van der Waals surface area contributed by atoms with Crippen LogP contribution in [0.5, 0.6) is 0 Å². The Morgan fingerprint density at radius 2 is 1.68 bits per heavy atom. The van der Waals surface area contributed by atoms with Crippen molar-refractivity contribution in [2.45, 2.75) is 23.6 Å². The molecule has 0 amide bonds. The quantitative estimate of drug-likeness (QED) is 0.932. The van der Waals surface area contributed by atoms with E-state index in [0.29, 0.717) is 0 Å². The van der Waals surface area contributed by atoms with Gasteiger partial charge in [0.1, 0.15) is 0 Å². The zero-order valence-electron chi connectivity index (χ0n) is 13.7. The van der Waals surface area contributed by atoms with Crippen molar-refractivity contribution < 1.29 is 4.90 Å². The fourth-order valence-corrected chi connectivity index (χ4v) is 4.01. The summed E-state index contributed by atoms with van der Waals surface area (Å²) in [5, 5.41) is 0. The van der Waals surface area contributed by atoms with E-state index in [0.717, 1.165) is 13.1 Å². The molecular formula is C19H25N2S+. The molecule has 1 aliphatic heterocycles. The Kier molecular flexibility index (Phi) is 4.74. The molecule has 1 aliphatic rings. The monoisotopic (exact) mass is 313 g/mol. The van der Waals surface area contributed by atoms with E-state index in [1.165, 1.54) is 39.7 Å². The number of anilines is 1. The molecule has 3 rings (SSSR count). The molecule has 22 heavy (non-hydrogen) atoms. The van der Waals surface area contributed by atoms with Crippen LogP contribution in [0.25, 0.3) is 0 Å². The SMILES string of the molecule is Cc1ccc(Sc2ccccc2N2CC[NH+](C)CC2)c(C)c1. The Hall–Kier alpha value is -1.45. The van der Waals surface area contributed by atoms with Crippen molar-refractivity contribution in [3.8, 4) is 0 Å². The van der Waals surface area contributed by atoms with Gasteiger partial charge in [0.25, 0.3) is 0 Å². The normalized spacial score (nSPS) is 16.0. The number of aryl methyl sites for hydroxylation is 2. The summed E-state index contributed by atoms with van der Waals surface area (Å²) >= 11 is 1.90. The number of piperazine rings is 1. The number of nitrogens with one attached hydrogen (secondary N) is 1. The Balaban J connectivity index is 1.85. The predicted molar refractivity (Wildman–Crippen MR) is 95.3 cm³/mol. The molecule has 2 nitrogen and oxygen atoms in total. The van der Waals surface area contributed by atoms with Crippen molar-refractivity contribution in [3.05, 3.63) is 53.6 Å². The molecule has 0 unspecified atom stereocenters. The van der Waals surface area contributed by atoms with Gasteiger partial charge in [0.15, 0.2) is 0 Å². The van der Waals surface area contributed by atoms with Gasteiger partial charge >= 0.3 is 0 Å². The van der Waals surface area contributed by atoms with E-state index >= 15 is 0 Å². The van der Waals surface area contributed by atoms with Gasteiger partial charge in [-0.2, -0.15) is 0 Å². The van der Waals surface area contributed by atoms with Crippen molar-refractivity contribution in [1.82, 2.24) is 0 Å². The maximum absolute atomic E-state index is 2.54. The molecule has 0 aliphatic carbocycles. The molecule has 1 N–H and O–H groups in total. The van der Waals surface area contributed by atoms with Crippen molar-refractivity contribution in [2.75, 3.05) is 38.1 Å². The van der Waals surface area contributed by atoms with Crippen LogP contribution < -0.4 is 9.80 Å². The lowest BCUT2D eigenvalue weighted by molar-refractivity contribution is -0.880. The van der Waals surface area contributed by atoms with Crippen LogP contribution >= 0.6 is 11.8 Å². The van der Waals surface area contributed by atoms with Crippen molar-refractivity contribution in [3.63, 3.8) is 0 Å². The summed E-state index contributed by atoms with van der Waals surface area (Å²) in [4.78, 5) is 6.90. The number of hydrogen-bond donors (Lipinski definition) is 1. The fourth-order valence-electron chi connectivity index (χ4n) is 2.97. The Bertz CT molecular complexity index is 646. The summed E-state index contributed by atoms with van der Waals surface area (Å²) in [6.07, 6.45) is 0. The summed E-state index contributed by atoms with van der Waals surface area (Å²) < 4.78 is 0. The maximum atomic E-state index is 2.54. The summed E-state index contributed by atoms with van der Waals surface area (Å²) in [5.41, 5.74) is 4.08. The summed E-state index contributed by atoms with van der Waals surface area (Å²) in [7, 11) is 2.29. The standard InChI is InChI=1S/C19H24N2S/c1-15-8-9-18(16(2)14-15)22-19-7-5-4-6-17(19)21-12-10-20(3)11-13-21/h4-9,14H,10-13H2,1-3H3/p+1. The van der Waals surface area contributed by atoms with E-state index in [4.69, 9.17) is 0 Å². The highest BCUT2D eigenvalue weighted by Gasteiger charge is 2.19. The van der Waals surface area contributed by atoms with Crippen LogP contribution in [-0.4, -0.2) is 33.2 Å². The van der Waals surface area contributed by atoms with Gasteiger partial charge in [0.05, 0.1) is 38.9 Å². The van der Waals surface area contributed by atoms with E-state index in [2.05, 4.69) is 68.3 Å². The molecule has 116 valence electrons. The second-order valence-electron chi connectivity index (χ2n) is 6.28. The predicted octanol–water partition coefficient (Wildman–Crippen LogP) is 2.79. The highest BCUT2D eigenvalue weighted by molar-refractivity contribution is 7.99. The van der Waals surface area contributed by atoms with Crippen LogP contribution in [0.3, 0.4) is 0 Å². The first kappa shape index (κ1) is 15.4. The summed E-state index contributed by atoms with van der Waals surface area (Å²) in [5.74, 6) is 0. The van der Waals surface area contributed by atoms with Gasteiger partial charge < -0.3 is 9.80 Å². The Morgan fingerprint density at radius 3 is 2.41 bits per heavy atom. The molecule has 3 heteroatoms. The first-order valence-corrected chi connectivity index (χ1v) is 8.85. The highest BCUT2D eigenvalue weighted by Crippen LogP contribution is 2.37. The van der Waals surface area contributed by atoms with Crippen LogP contribution in [0.15, 0.2) is 52.3 Å². The molecular weight excluding hydrogens is 288 g/mol. The minimum absolute atomic E-state index is 1.15. The lowest BCUT2D eigenvalue weighted by Gasteiger charge is -2.33.